The van der Waals surface area contributed by atoms with Gasteiger partial charge in [-0.2, -0.15) is 9.97 Å². The number of oxazole rings is 2. The molecule has 0 saturated heterocycles. The molecule has 12 heteroatoms. The number of carbonyl (C=O) groups excluding carboxylic acids is 1. The Morgan fingerprint density at radius 1 is 1.13 bits per heavy atom. The smallest absolute Gasteiger partial charge is 0.412 e. The highest BCUT2D eigenvalue weighted by Crippen LogP contribution is 2.48. The number of anilines is 1. The van der Waals surface area contributed by atoms with Crippen molar-refractivity contribution in [3.8, 4) is 11.8 Å². The molecular formula is C26H17ClN4O7. The third kappa shape index (κ3) is 4.10. The van der Waals surface area contributed by atoms with Gasteiger partial charge in [0.2, 0.25) is 11.7 Å². The van der Waals surface area contributed by atoms with Gasteiger partial charge in [0.05, 0.1) is 6.20 Å². The molecule has 0 radical (unpaired) electrons. The number of pyridine rings is 1. The van der Waals surface area contributed by atoms with E-state index in [4.69, 9.17) is 29.6 Å². The van der Waals surface area contributed by atoms with E-state index >= 15 is 0 Å². The molecule has 4 aromatic heterocycles. The Hall–Kier alpha value is -4.82. The summed E-state index contributed by atoms with van der Waals surface area (Å²) < 4.78 is 22.3. The largest absolute Gasteiger partial charge is 0.480 e. The second kappa shape index (κ2) is 8.93. The van der Waals surface area contributed by atoms with Crippen molar-refractivity contribution in [3.05, 3.63) is 70.9 Å². The Balaban J connectivity index is 1.26. The van der Waals surface area contributed by atoms with E-state index in [1.807, 2.05) is 0 Å². The van der Waals surface area contributed by atoms with E-state index in [0.717, 1.165) is 0 Å². The standard InChI is InChI=1S/C26H17ClN4O7/c1-13(14-4-2-3-5-16(14)27)35-25(34)30-20-15-8-11-28-12-18(15)36-17(20)6-7-19-29-21-22(37-19)31-23(38-21)26(9-10-26)24(32)33/h2-5,8,11-13H,9-10H2,1H3,(H,30,34)(H,32,33). The van der Waals surface area contributed by atoms with Gasteiger partial charge in [-0.15, -0.1) is 0 Å². The minimum absolute atomic E-state index is 0.0302. The van der Waals surface area contributed by atoms with Crippen molar-refractivity contribution in [2.45, 2.75) is 31.3 Å². The normalized spacial score (nSPS) is 14.6. The van der Waals surface area contributed by atoms with Gasteiger partial charge in [0.25, 0.3) is 17.3 Å². The lowest BCUT2D eigenvalue weighted by atomic mass is 10.1. The second-order valence-electron chi connectivity index (χ2n) is 8.66. The minimum atomic E-state index is -1.12. The lowest BCUT2D eigenvalue weighted by Crippen LogP contribution is -2.19. The van der Waals surface area contributed by atoms with Crippen LogP contribution in [0.5, 0.6) is 0 Å². The Bertz CT molecular complexity index is 1760. The minimum Gasteiger partial charge on any atom is -0.480 e. The Morgan fingerprint density at radius 2 is 1.92 bits per heavy atom. The first-order valence-electron chi connectivity index (χ1n) is 11.5. The zero-order valence-electron chi connectivity index (χ0n) is 19.6. The van der Waals surface area contributed by atoms with Crippen LogP contribution in [0.1, 0.15) is 49.0 Å². The Morgan fingerprint density at radius 3 is 2.66 bits per heavy atom. The van der Waals surface area contributed by atoms with Crippen molar-refractivity contribution in [3.63, 3.8) is 0 Å². The average Bonchev–Trinajstić information content (AvgIpc) is 3.32. The summed E-state index contributed by atoms with van der Waals surface area (Å²) in [5, 5.41) is 13.1. The van der Waals surface area contributed by atoms with Crippen LogP contribution in [0.15, 0.2) is 56.0 Å². The van der Waals surface area contributed by atoms with Gasteiger partial charge in [0.1, 0.15) is 17.2 Å². The molecule has 6 rings (SSSR count). The van der Waals surface area contributed by atoms with Crippen LogP contribution in [0.2, 0.25) is 5.02 Å². The summed E-state index contributed by atoms with van der Waals surface area (Å²) >= 11 is 6.21. The number of hydrogen-bond donors (Lipinski definition) is 2. The average molecular weight is 533 g/mol. The predicted octanol–water partition coefficient (Wildman–Crippen LogP) is 5.44. The number of hydrogen-bond acceptors (Lipinski definition) is 9. The monoisotopic (exact) mass is 532 g/mol. The highest BCUT2D eigenvalue weighted by molar-refractivity contribution is 6.31. The number of carboxylic acid groups (broad SMARTS) is 1. The summed E-state index contributed by atoms with van der Waals surface area (Å²) in [6, 6.07) is 8.73. The van der Waals surface area contributed by atoms with Crippen LogP contribution in [0.4, 0.5) is 10.5 Å². The van der Waals surface area contributed by atoms with Gasteiger partial charge < -0.3 is 23.1 Å². The van der Waals surface area contributed by atoms with Gasteiger partial charge >= 0.3 is 12.1 Å². The van der Waals surface area contributed by atoms with Crippen LogP contribution in [0, 0.1) is 11.8 Å². The molecule has 38 heavy (non-hydrogen) atoms. The SMILES string of the molecule is CC(OC(=O)Nc1c(C#Cc2nc3oc(C4(C(=O)O)CC4)nc3o2)oc2cnccc12)c1ccccc1Cl. The first-order valence-corrected chi connectivity index (χ1v) is 11.8. The highest BCUT2D eigenvalue weighted by atomic mass is 35.5. The molecule has 190 valence electrons. The zero-order valence-corrected chi connectivity index (χ0v) is 20.4. The third-order valence-electron chi connectivity index (χ3n) is 6.17. The summed E-state index contributed by atoms with van der Waals surface area (Å²) in [5.74, 6) is 4.65. The fourth-order valence-electron chi connectivity index (χ4n) is 3.98. The number of aliphatic carboxylic acids is 1. The molecule has 1 unspecified atom stereocenters. The molecule has 1 aliphatic carbocycles. The zero-order chi connectivity index (χ0) is 26.4. The number of benzene rings is 1. The van der Waals surface area contributed by atoms with E-state index in [2.05, 4.69) is 32.1 Å². The van der Waals surface area contributed by atoms with E-state index < -0.39 is 23.6 Å². The number of amides is 1. The molecule has 4 heterocycles. The van der Waals surface area contributed by atoms with E-state index in [0.29, 0.717) is 34.4 Å². The van der Waals surface area contributed by atoms with Crippen LogP contribution in [-0.4, -0.2) is 32.1 Å². The van der Waals surface area contributed by atoms with Crippen molar-refractivity contribution in [1.29, 1.82) is 0 Å². The Labute approximate surface area is 218 Å². The van der Waals surface area contributed by atoms with E-state index in [9.17, 15) is 14.7 Å². The summed E-state index contributed by atoms with van der Waals surface area (Å²) in [7, 11) is 0. The van der Waals surface area contributed by atoms with Crippen LogP contribution in [0.3, 0.4) is 0 Å². The summed E-state index contributed by atoms with van der Waals surface area (Å²) in [4.78, 5) is 36.6. The topological polar surface area (TPSA) is 154 Å². The van der Waals surface area contributed by atoms with Crippen LogP contribution in [-0.2, 0) is 14.9 Å². The first kappa shape index (κ1) is 23.6. The van der Waals surface area contributed by atoms with Crippen LogP contribution in [0.25, 0.3) is 22.4 Å². The number of aromatic nitrogens is 3. The number of nitrogens with one attached hydrogen (secondary N) is 1. The van der Waals surface area contributed by atoms with Gasteiger partial charge in [-0.3, -0.25) is 15.1 Å². The molecule has 1 aromatic carbocycles. The maximum absolute atomic E-state index is 12.7. The molecule has 0 bridgehead atoms. The second-order valence-corrected chi connectivity index (χ2v) is 9.06. The number of nitrogens with zero attached hydrogens (tertiary/aromatic N) is 3. The van der Waals surface area contributed by atoms with E-state index in [1.165, 1.54) is 6.20 Å². The quantitative estimate of drug-likeness (QED) is 0.280. The molecule has 1 atom stereocenters. The molecule has 2 N–H and O–H groups in total. The van der Waals surface area contributed by atoms with Gasteiger partial charge in [-0.05, 0) is 37.8 Å². The highest BCUT2D eigenvalue weighted by Gasteiger charge is 2.56. The maximum atomic E-state index is 12.7. The molecule has 1 fully saturated rings. The molecule has 1 aliphatic rings. The number of furan rings is 1. The molecule has 5 aromatic rings. The summed E-state index contributed by atoms with van der Waals surface area (Å²) in [5.41, 5.74) is 0.297. The fraction of sp³-hybridized carbons (Fsp3) is 0.192. The number of carbonyl (C=O) groups is 2. The van der Waals surface area contributed by atoms with Gasteiger partial charge in [0, 0.05) is 28.1 Å². The van der Waals surface area contributed by atoms with Gasteiger partial charge in [-0.25, -0.2) is 4.79 Å². The van der Waals surface area contributed by atoms with E-state index in [1.54, 1.807) is 43.5 Å². The predicted molar refractivity (Wildman–Crippen MR) is 133 cm³/mol. The maximum Gasteiger partial charge on any atom is 0.412 e. The fourth-order valence-corrected chi connectivity index (χ4v) is 4.27. The van der Waals surface area contributed by atoms with Crippen molar-refractivity contribution in [1.82, 2.24) is 15.0 Å². The first-order chi connectivity index (χ1) is 18.3. The van der Waals surface area contributed by atoms with E-state index in [-0.39, 0.29) is 34.7 Å². The van der Waals surface area contributed by atoms with Gasteiger partial charge in [0.15, 0.2) is 5.58 Å². The molecular weight excluding hydrogens is 516 g/mol. The van der Waals surface area contributed by atoms with Crippen molar-refractivity contribution >= 4 is 51.7 Å². The number of rotatable bonds is 5. The lowest BCUT2D eigenvalue weighted by Gasteiger charge is -2.15. The molecule has 0 aliphatic heterocycles. The number of carboxylic acids is 1. The molecule has 1 saturated carbocycles. The van der Waals surface area contributed by atoms with Crippen molar-refractivity contribution in [2.24, 2.45) is 0 Å². The number of ether oxygens (including phenoxy) is 1. The molecule has 11 nitrogen and oxygen atoms in total. The molecule has 1 amide bonds. The number of halogens is 1. The van der Waals surface area contributed by atoms with Crippen LogP contribution >= 0.6 is 11.6 Å². The Kier molecular flexibility index (Phi) is 5.54. The van der Waals surface area contributed by atoms with Gasteiger partial charge in [-0.1, -0.05) is 29.8 Å². The van der Waals surface area contributed by atoms with Crippen LogP contribution < -0.4 is 5.32 Å². The number of fused-ring (bicyclic) bond motifs is 2. The third-order valence-corrected chi connectivity index (χ3v) is 6.52. The molecule has 0 spiro atoms. The van der Waals surface area contributed by atoms with Crippen molar-refractivity contribution in [2.75, 3.05) is 5.32 Å². The lowest BCUT2D eigenvalue weighted by molar-refractivity contribution is -0.140. The summed E-state index contributed by atoms with van der Waals surface area (Å²) in [6.45, 7) is 1.71. The van der Waals surface area contributed by atoms with Crippen molar-refractivity contribution < 1.29 is 32.7 Å². The summed E-state index contributed by atoms with van der Waals surface area (Å²) in [6.07, 6.45) is 2.56.